The summed E-state index contributed by atoms with van der Waals surface area (Å²) in [4.78, 5) is 27.6. The Morgan fingerprint density at radius 3 is 2.38 bits per heavy atom. The van der Waals surface area contributed by atoms with E-state index in [1.807, 2.05) is 5.32 Å². The molecule has 1 aromatic heterocycles. The van der Waals surface area contributed by atoms with E-state index in [0.29, 0.717) is 4.47 Å². The summed E-state index contributed by atoms with van der Waals surface area (Å²) in [5.41, 5.74) is -3.44. The predicted octanol–water partition coefficient (Wildman–Crippen LogP) is 2.85. The van der Waals surface area contributed by atoms with E-state index in [-0.39, 0.29) is 18.2 Å². The predicted molar refractivity (Wildman–Crippen MR) is 84.0 cm³/mol. The molecule has 1 amide bonds. The van der Waals surface area contributed by atoms with E-state index in [4.69, 9.17) is 0 Å². The van der Waals surface area contributed by atoms with Gasteiger partial charge in [-0.05, 0) is 34.0 Å². The Morgan fingerprint density at radius 2 is 1.96 bits per heavy atom. The third-order valence-corrected chi connectivity index (χ3v) is 3.35. The van der Waals surface area contributed by atoms with Crippen molar-refractivity contribution in [3.8, 4) is 0 Å². The van der Waals surface area contributed by atoms with Gasteiger partial charge in [-0.15, -0.1) is 0 Å². The molecular formula is C14H17BrF3N3O3. The number of amides is 1. The lowest BCUT2D eigenvalue weighted by molar-refractivity contribution is -0.206. The normalized spacial score (nSPS) is 14.0. The first-order valence-electron chi connectivity index (χ1n) is 6.87. The Labute approximate surface area is 145 Å². The molecule has 1 atom stereocenters. The van der Waals surface area contributed by atoms with Gasteiger partial charge < -0.3 is 15.4 Å². The third-order valence-electron chi connectivity index (χ3n) is 2.88. The van der Waals surface area contributed by atoms with Crippen LogP contribution in [-0.4, -0.2) is 35.8 Å². The summed E-state index contributed by atoms with van der Waals surface area (Å²) in [7, 11) is 0.800. The monoisotopic (exact) mass is 411 g/mol. The second-order valence-electron chi connectivity index (χ2n) is 5.37. The van der Waals surface area contributed by atoms with E-state index >= 15 is 0 Å². The van der Waals surface area contributed by atoms with Crippen molar-refractivity contribution in [3.63, 3.8) is 0 Å². The Hall–Kier alpha value is -1.84. The molecule has 10 heteroatoms. The van der Waals surface area contributed by atoms with Gasteiger partial charge in [0.05, 0.1) is 7.11 Å². The zero-order valence-electron chi connectivity index (χ0n) is 13.2. The Balaban J connectivity index is 3.28. The zero-order chi connectivity index (χ0) is 18.5. The molecule has 24 heavy (non-hydrogen) atoms. The molecule has 0 saturated heterocycles. The number of carbonyl (C=O) groups is 2. The van der Waals surface area contributed by atoms with Crippen LogP contribution >= 0.6 is 15.9 Å². The van der Waals surface area contributed by atoms with Crippen molar-refractivity contribution in [2.75, 3.05) is 12.4 Å². The number of anilines is 1. The highest BCUT2D eigenvalue weighted by Gasteiger charge is 2.63. The fraction of sp³-hybridized carbons (Fsp3) is 0.500. The number of nitrogens with one attached hydrogen (secondary N) is 2. The average molecular weight is 412 g/mol. The van der Waals surface area contributed by atoms with Crippen LogP contribution in [0.1, 0.15) is 20.3 Å². The molecule has 0 saturated carbocycles. The van der Waals surface area contributed by atoms with Crippen molar-refractivity contribution in [3.05, 3.63) is 22.8 Å². The second kappa shape index (κ2) is 7.82. The van der Waals surface area contributed by atoms with Gasteiger partial charge in [-0.2, -0.15) is 13.2 Å². The fourth-order valence-corrected chi connectivity index (χ4v) is 2.05. The number of aromatic nitrogens is 1. The molecule has 2 N–H and O–H groups in total. The number of pyridine rings is 1. The van der Waals surface area contributed by atoms with Crippen LogP contribution in [0.5, 0.6) is 0 Å². The van der Waals surface area contributed by atoms with Crippen LogP contribution in [0.3, 0.4) is 0 Å². The molecule has 0 radical (unpaired) electrons. The SMILES string of the molecule is COC(=O)C(NC(=O)CC(C)C)(Nc1ccc(Br)cn1)C(F)(F)F. The second-order valence-corrected chi connectivity index (χ2v) is 6.29. The molecule has 1 aromatic rings. The van der Waals surface area contributed by atoms with Crippen LogP contribution in [0.4, 0.5) is 19.0 Å². The number of alkyl halides is 3. The van der Waals surface area contributed by atoms with Crippen LogP contribution in [-0.2, 0) is 14.3 Å². The summed E-state index contributed by atoms with van der Waals surface area (Å²) >= 11 is 3.10. The summed E-state index contributed by atoms with van der Waals surface area (Å²) in [5.74, 6) is -3.10. The minimum absolute atomic E-state index is 0.190. The van der Waals surface area contributed by atoms with Crippen molar-refractivity contribution in [1.82, 2.24) is 10.3 Å². The number of nitrogens with zero attached hydrogens (tertiary/aromatic N) is 1. The number of ether oxygens (including phenoxy) is 1. The first kappa shape index (κ1) is 20.2. The minimum Gasteiger partial charge on any atom is -0.466 e. The van der Waals surface area contributed by atoms with Gasteiger partial charge in [-0.25, -0.2) is 9.78 Å². The Bertz CT molecular complexity index is 593. The molecule has 0 spiro atoms. The highest BCUT2D eigenvalue weighted by molar-refractivity contribution is 9.10. The number of esters is 1. The molecule has 1 rings (SSSR count). The maximum atomic E-state index is 13.7. The number of hydrogen-bond donors (Lipinski definition) is 2. The van der Waals surface area contributed by atoms with Crippen molar-refractivity contribution in [2.45, 2.75) is 32.1 Å². The largest absolute Gasteiger partial charge is 0.466 e. The lowest BCUT2D eigenvalue weighted by Crippen LogP contribution is -2.69. The van der Waals surface area contributed by atoms with Crippen molar-refractivity contribution >= 4 is 33.6 Å². The molecule has 1 heterocycles. The van der Waals surface area contributed by atoms with Crippen LogP contribution < -0.4 is 10.6 Å². The maximum Gasteiger partial charge on any atom is 0.441 e. The Morgan fingerprint density at radius 1 is 1.33 bits per heavy atom. The van der Waals surface area contributed by atoms with Gasteiger partial charge in [0.2, 0.25) is 5.91 Å². The van der Waals surface area contributed by atoms with Crippen LogP contribution in [0.25, 0.3) is 0 Å². The van der Waals surface area contributed by atoms with Gasteiger partial charge in [-0.1, -0.05) is 13.8 Å². The summed E-state index contributed by atoms with van der Waals surface area (Å²) in [6.07, 6.45) is -4.11. The van der Waals surface area contributed by atoms with Gasteiger partial charge in [-0.3, -0.25) is 4.79 Å². The molecule has 0 bridgehead atoms. The van der Waals surface area contributed by atoms with Crippen molar-refractivity contribution < 1.29 is 27.5 Å². The highest BCUT2D eigenvalue weighted by Crippen LogP contribution is 2.33. The average Bonchev–Trinajstić information content (AvgIpc) is 2.45. The summed E-state index contributed by atoms with van der Waals surface area (Å²) in [5, 5.41) is 3.67. The topological polar surface area (TPSA) is 80.3 Å². The van der Waals surface area contributed by atoms with Crippen molar-refractivity contribution in [2.24, 2.45) is 5.92 Å². The minimum atomic E-state index is -5.17. The molecule has 0 fully saturated rings. The maximum absolute atomic E-state index is 13.7. The summed E-state index contributed by atoms with van der Waals surface area (Å²) < 4.78 is 45.8. The highest BCUT2D eigenvalue weighted by atomic mass is 79.9. The van der Waals surface area contributed by atoms with Gasteiger partial charge in [0, 0.05) is 17.1 Å². The number of rotatable bonds is 6. The van der Waals surface area contributed by atoms with Crippen molar-refractivity contribution in [1.29, 1.82) is 0 Å². The van der Waals surface area contributed by atoms with Crippen LogP contribution in [0.15, 0.2) is 22.8 Å². The smallest absolute Gasteiger partial charge is 0.441 e. The third kappa shape index (κ3) is 4.83. The molecule has 134 valence electrons. The molecule has 6 nitrogen and oxygen atoms in total. The van der Waals surface area contributed by atoms with E-state index in [0.717, 1.165) is 7.11 Å². The van der Waals surface area contributed by atoms with Gasteiger partial charge in [0.15, 0.2) is 0 Å². The van der Waals surface area contributed by atoms with E-state index in [1.54, 1.807) is 19.2 Å². The molecule has 0 aromatic carbocycles. The first-order chi connectivity index (χ1) is 11.0. The number of methoxy groups -OCH3 is 1. The standard InChI is InChI=1S/C14H17BrF3N3O3/c1-8(2)6-11(22)21-13(12(23)24-3,14(16,17)18)20-10-5-4-9(15)7-19-10/h4-5,7-8H,6H2,1-3H3,(H,19,20)(H,21,22). The van der Waals surface area contributed by atoms with E-state index in [2.05, 4.69) is 25.7 Å². The Kier molecular flexibility index (Phi) is 6.58. The number of halogens is 4. The fourth-order valence-electron chi connectivity index (χ4n) is 1.82. The zero-order valence-corrected chi connectivity index (χ0v) is 14.8. The lowest BCUT2D eigenvalue weighted by Gasteiger charge is -2.34. The molecule has 1 unspecified atom stereocenters. The molecule has 0 aliphatic heterocycles. The molecular weight excluding hydrogens is 395 g/mol. The first-order valence-corrected chi connectivity index (χ1v) is 7.67. The lowest BCUT2D eigenvalue weighted by atomic mass is 10.1. The van der Waals surface area contributed by atoms with E-state index < -0.39 is 23.7 Å². The van der Waals surface area contributed by atoms with Crippen LogP contribution in [0, 0.1) is 5.92 Å². The summed E-state index contributed by atoms with van der Waals surface area (Å²) in [6, 6.07) is 2.66. The van der Waals surface area contributed by atoms with Gasteiger partial charge in [0.25, 0.3) is 0 Å². The molecule has 0 aliphatic carbocycles. The van der Waals surface area contributed by atoms with E-state index in [9.17, 15) is 22.8 Å². The van der Waals surface area contributed by atoms with Crippen LogP contribution in [0.2, 0.25) is 0 Å². The quantitative estimate of drug-likeness (QED) is 0.555. The van der Waals surface area contributed by atoms with Gasteiger partial charge in [0.1, 0.15) is 5.82 Å². The van der Waals surface area contributed by atoms with E-state index in [1.165, 1.54) is 18.3 Å². The molecule has 0 aliphatic rings. The number of carbonyl (C=O) groups excluding carboxylic acids is 2. The van der Waals surface area contributed by atoms with Gasteiger partial charge >= 0.3 is 17.8 Å². The summed E-state index contributed by atoms with van der Waals surface area (Å²) in [6.45, 7) is 3.33. The number of hydrogen-bond acceptors (Lipinski definition) is 5.